The van der Waals surface area contributed by atoms with Crippen LogP contribution in [0, 0.1) is 22.7 Å². The van der Waals surface area contributed by atoms with Gasteiger partial charge in [0.25, 0.3) is 0 Å². The van der Waals surface area contributed by atoms with Gasteiger partial charge in [0, 0.05) is 18.6 Å². The third-order valence-corrected chi connectivity index (χ3v) is 8.72. The Labute approximate surface area is 260 Å². The second-order valence-electron chi connectivity index (χ2n) is 13.7. The van der Waals surface area contributed by atoms with Crippen molar-refractivity contribution in [3.63, 3.8) is 0 Å². The lowest BCUT2D eigenvalue weighted by atomic mass is 9.85. The predicted molar refractivity (Wildman–Crippen MR) is 181 cm³/mol. The van der Waals surface area contributed by atoms with Gasteiger partial charge >= 0.3 is 6.03 Å². The molecule has 6 atom stereocenters. The van der Waals surface area contributed by atoms with Crippen LogP contribution in [0.1, 0.15) is 100 Å². The monoisotopic (exact) mass is 597 g/mol. The second-order valence-corrected chi connectivity index (χ2v) is 13.7. The second kappa shape index (κ2) is 15.8. The molecule has 0 aromatic heterocycles. The van der Waals surface area contributed by atoms with Crippen LogP contribution in [0.2, 0.25) is 0 Å². The molecule has 0 bridgehead atoms. The topological polar surface area (TPSA) is 137 Å². The molecule has 2 aliphatic rings. The van der Waals surface area contributed by atoms with Crippen molar-refractivity contribution < 1.29 is 9.53 Å². The van der Waals surface area contributed by atoms with Crippen molar-refractivity contribution in [3.05, 3.63) is 36.5 Å². The van der Waals surface area contributed by atoms with Crippen molar-refractivity contribution in [2.24, 2.45) is 33.0 Å². The van der Waals surface area contributed by atoms with Gasteiger partial charge in [-0.05, 0) is 75.0 Å². The lowest BCUT2D eigenvalue weighted by molar-refractivity contribution is 0.00713. The summed E-state index contributed by atoms with van der Waals surface area (Å²) in [6.45, 7) is 24.7. The highest BCUT2D eigenvalue weighted by Gasteiger charge is 2.49. The molecule has 9 heteroatoms. The molecule has 0 aliphatic heterocycles. The van der Waals surface area contributed by atoms with E-state index in [1.54, 1.807) is 6.08 Å². The molecule has 9 nitrogen and oxygen atoms in total. The summed E-state index contributed by atoms with van der Waals surface area (Å²) in [5.74, 6) is 2.03. The Morgan fingerprint density at radius 2 is 1.86 bits per heavy atom. The van der Waals surface area contributed by atoms with Crippen molar-refractivity contribution in [2.45, 2.75) is 130 Å². The van der Waals surface area contributed by atoms with E-state index in [1.807, 2.05) is 33.9 Å². The standard InChI is InChI=1S/C34H59N7O2/c1-12-23-20-34(23,10)41-30(19-28(35)33(7,8)9)40-32(42)38-26-16-17-27(25(14-3)24(26)13-2)43-22(6)15-18-29(36)39-31(37-11)21(4)5/h13-14,21-23,26-27,31,35,37H,2-3,12,15-20H2,1,4-11H3,(H2,36,39)(H2,38,40,41,42). The first kappa shape index (κ1) is 36.4. The number of urea groups is 1. The molecule has 1 fully saturated rings. The molecule has 6 unspecified atom stereocenters. The number of nitrogens with two attached hydrogens (primary N) is 1. The van der Waals surface area contributed by atoms with E-state index >= 15 is 0 Å². The van der Waals surface area contributed by atoms with E-state index in [4.69, 9.17) is 20.9 Å². The molecule has 2 rings (SSSR count). The summed E-state index contributed by atoms with van der Waals surface area (Å²) in [5.41, 5.74) is 8.11. The van der Waals surface area contributed by atoms with E-state index in [1.165, 1.54) is 0 Å². The van der Waals surface area contributed by atoms with Crippen molar-refractivity contribution in [3.8, 4) is 0 Å². The minimum absolute atomic E-state index is 0.000276. The van der Waals surface area contributed by atoms with Gasteiger partial charge < -0.3 is 21.2 Å². The lowest BCUT2D eigenvalue weighted by Crippen LogP contribution is -2.48. The third kappa shape index (κ3) is 10.7. The number of hydrogen-bond acceptors (Lipinski definition) is 6. The SMILES string of the molecule is C=CC1=C(C=C)C(OC(C)CCC(N)=NC(NC)C(C)C)CCC1NC(=O)NC(CC(=N)C(C)(C)C)=NC1(C)CC1CC. The van der Waals surface area contributed by atoms with Gasteiger partial charge in [0.05, 0.1) is 29.6 Å². The fourth-order valence-corrected chi connectivity index (χ4v) is 5.65. The van der Waals surface area contributed by atoms with Crippen LogP contribution in [-0.4, -0.2) is 60.4 Å². The number of aliphatic imine (C=N–C) groups is 2. The van der Waals surface area contributed by atoms with Gasteiger partial charge in [-0.25, -0.2) is 4.79 Å². The maximum atomic E-state index is 13.3. The third-order valence-electron chi connectivity index (χ3n) is 8.72. The number of carbonyl (C=O) groups is 1. The van der Waals surface area contributed by atoms with Crippen LogP contribution in [0.3, 0.4) is 0 Å². The normalized spacial score (nSPS) is 26.1. The van der Waals surface area contributed by atoms with E-state index in [-0.39, 0.29) is 41.4 Å². The van der Waals surface area contributed by atoms with Crippen LogP contribution >= 0.6 is 0 Å². The summed E-state index contributed by atoms with van der Waals surface area (Å²) in [4.78, 5) is 22.9. The van der Waals surface area contributed by atoms with Gasteiger partial charge in [0.2, 0.25) is 0 Å². The van der Waals surface area contributed by atoms with E-state index in [0.29, 0.717) is 48.5 Å². The lowest BCUT2D eigenvalue weighted by Gasteiger charge is -2.34. The number of hydrogen-bond donors (Lipinski definition) is 5. The van der Waals surface area contributed by atoms with Gasteiger partial charge in [0.1, 0.15) is 12.0 Å². The molecule has 0 aromatic rings. The first-order valence-corrected chi connectivity index (χ1v) is 16.0. The number of rotatable bonds is 15. The molecule has 2 amide bonds. The van der Waals surface area contributed by atoms with E-state index in [0.717, 1.165) is 36.8 Å². The smallest absolute Gasteiger partial charge is 0.320 e. The van der Waals surface area contributed by atoms with Gasteiger partial charge in [-0.2, -0.15) is 0 Å². The molecular weight excluding hydrogens is 538 g/mol. The predicted octanol–water partition coefficient (Wildman–Crippen LogP) is 6.27. The zero-order valence-corrected chi connectivity index (χ0v) is 28.3. The fraction of sp³-hybridized carbons (Fsp3) is 0.706. The van der Waals surface area contributed by atoms with Gasteiger partial charge in [-0.15, -0.1) is 0 Å². The molecule has 0 radical (unpaired) electrons. The Kier molecular flexibility index (Phi) is 13.4. The Morgan fingerprint density at radius 3 is 2.37 bits per heavy atom. The number of amides is 2. The Morgan fingerprint density at radius 1 is 1.21 bits per heavy atom. The van der Waals surface area contributed by atoms with Crippen molar-refractivity contribution >= 4 is 23.4 Å². The largest absolute Gasteiger partial charge is 0.387 e. The number of nitrogens with zero attached hydrogens (tertiary/aromatic N) is 2. The van der Waals surface area contributed by atoms with Gasteiger partial charge in [-0.1, -0.05) is 73.3 Å². The fourth-order valence-electron chi connectivity index (χ4n) is 5.65. The van der Waals surface area contributed by atoms with Crippen LogP contribution < -0.4 is 21.7 Å². The van der Waals surface area contributed by atoms with E-state index in [2.05, 4.69) is 68.7 Å². The minimum Gasteiger partial charge on any atom is -0.387 e. The summed E-state index contributed by atoms with van der Waals surface area (Å²) in [5, 5.41) is 17.9. The first-order chi connectivity index (χ1) is 20.1. The molecule has 6 N–H and O–H groups in total. The van der Waals surface area contributed by atoms with E-state index in [9.17, 15) is 4.79 Å². The molecule has 242 valence electrons. The Balaban J connectivity index is 2.10. The molecule has 0 heterocycles. The maximum absolute atomic E-state index is 13.3. The van der Waals surface area contributed by atoms with Crippen LogP contribution in [0.25, 0.3) is 0 Å². The average Bonchev–Trinajstić information content (AvgIpc) is 3.58. The highest BCUT2D eigenvalue weighted by atomic mass is 16.5. The van der Waals surface area contributed by atoms with Gasteiger partial charge in [-0.3, -0.25) is 20.6 Å². The summed E-state index contributed by atoms with van der Waals surface area (Å²) < 4.78 is 6.46. The molecule has 0 spiro atoms. The van der Waals surface area contributed by atoms with Gasteiger partial charge in [0.15, 0.2) is 0 Å². The van der Waals surface area contributed by atoms with Crippen molar-refractivity contribution in [1.82, 2.24) is 16.0 Å². The van der Waals surface area contributed by atoms with Crippen LogP contribution in [-0.2, 0) is 4.74 Å². The summed E-state index contributed by atoms with van der Waals surface area (Å²) in [6, 6.07) is -0.560. The molecule has 1 saturated carbocycles. The zero-order valence-electron chi connectivity index (χ0n) is 28.3. The number of nitrogens with one attached hydrogen (secondary N) is 4. The van der Waals surface area contributed by atoms with Crippen molar-refractivity contribution in [1.29, 1.82) is 5.41 Å². The highest BCUT2D eigenvalue weighted by molar-refractivity contribution is 6.09. The Hall–Kier alpha value is -2.78. The highest BCUT2D eigenvalue weighted by Crippen LogP contribution is 2.49. The Bertz CT molecular complexity index is 1100. The molecule has 0 aromatic carbocycles. The van der Waals surface area contributed by atoms with Crippen molar-refractivity contribution in [2.75, 3.05) is 7.05 Å². The minimum atomic E-state index is -0.325. The summed E-state index contributed by atoms with van der Waals surface area (Å²) in [6.07, 6.45) is 8.62. The maximum Gasteiger partial charge on any atom is 0.320 e. The molecular formula is C34H59N7O2. The van der Waals surface area contributed by atoms with Crippen LogP contribution in [0.5, 0.6) is 0 Å². The quantitative estimate of drug-likeness (QED) is 0.112. The molecule has 2 aliphatic carbocycles. The average molecular weight is 598 g/mol. The summed E-state index contributed by atoms with van der Waals surface area (Å²) >= 11 is 0. The first-order valence-electron chi connectivity index (χ1n) is 16.0. The van der Waals surface area contributed by atoms with Crippen LogP contribution in [0.4, 0.5) is 4.79 Å². The zero-order chi connectivity index (χ0) is 32.5. The molecule has 0 saturated heterocycles. The van der Waals surface area contributed by atoms with E-state index < -0.39 is 0 Å². The number of carbonyl (C=O) groups excluding carboxylic acids is 1. The number of amidine groups is 2. The summed E-state index contributed by atoms with van der Waals surface area (Å²) in [7, 11) is 1.89. The van der Waals surface area contributed by atoms with Crippen LogP contribution in [0.15, 0.2) is 46.4 Å². The molecule has 43 heavy (non-hydrogen) atoms. The number of ether oxygens (including phenoxy) is 1.